The van der Waals surface area contributed by atoms with Crippen molar-refractivity contribution in [1.82, 2.24) is 9.78 Å². The largest absolute Gasteiger partial charge is 0.496 e. The van der Waals surface area contributed by atoms with Gasteiger partial charge in [-0.3, -0.25) is 4.68 Å². The number of aromatic nitrogens is 2. The fourth-order valence-corrected chi connectivity index (χ4v) is 2.16. The maximum atomic E-state index is 5.79. The van der Waals surface area contributed by atoms with Crippen LogP contribution in [0.1, 0.15) is 0 Å². The molecule has 0 unspecified atom stereocenters. The van der Waals surface area contributed by atoms with E-state index in [2.05, 4.69) is 21.0 Å². The summed E-state index contributed by atoms with van der Waals surface area (Å²) in [5, 5.41) is 4.33. The van der Waals surface area contributed by atoms with Crippen LogP contribution < -0.4 is 15.2 Å². The molecule has 0 aliphatic rings. The van der Waals surface area contributed by atoms with E-state index in [1.54, 1.807) is 32.0 Å². The van der Waals surface area contributed by atoms with E-state index < -0.39 is 0 Å². The molecular formula is C12H14BrN3O2. The first-order valence-corrected chi connectivity index (χ1v) is 6.07. The highest BCUT2D eigenvalue weighted by Gasteiger charge is 2.14. The molecule has 0 saturated heterocycles. The lowest BCUT2D eigenvalue weighted by atomic mass is 10.1. The van der Waals surface area contributed by atoms with Gasteiger partial charge in [-0.1, -0.05) is 0 Å². The van der Waals surface area contributed by atoms with E-state index in [0.717, 1.165) is 21.5 Å². The highest BCUT2D eigenvalue weighted by molar-refractivity contribution is 9.10. The van der Waals surface area contributed by atoms with Gasteiger partial charge in [0.05, 0.1) is 24.4 Å². The Labute approximate surface area is 114 Å². The molecule has 0 amide bonds. The van der Waals surface area contributed by atoms with Gasteiger partial charge in [-0.05, 0) is 28.1 Å². The van der Waals surface area contributed by atoms with Gasteiger partial charge in [0.25, 0.3) is 0 Å². The van der Waals surface area contributed by atoms with E-state index >= 15 is 0 Å². The van der Waals surface area contributed by atoms with Gasteiger partial charge in [-0.2, -0.15) is 5.10 Å². The molecule has 5 nitrogen and oxygen atoms in total. The highest BCUT2D eigenvalue weighted by atomic mass is 79.9. The van der Waals surface area contributed by atoms with Crippen LogP contribution in [0.5, 0.6) is 11.5 Å². The van der Waals surface area contributed by atoms with Crippen molar-refractivity contribution in [3.8, 4) is 22.8 Å². The lowest BCUT2D eigenvalue weighted by Gasteiger charge is -2.10. The summed E-state index contributed by atoms with van der Waals surface area (Å²) in [5.41, 5.74) is 7.37. The van der Waals surface area contributed by atoms with Gasteiger partial charge in [0, 0.05) is 18.7 Å². The zero-order valence-electron chi connectivity index (χ0n) is 10.4. The molecule has 0 radical (unpaired) electrons. The summed E-state index contributed by atoms with van der Waals surface area (Å²) in [4.78, 5) is 0. The summed E-state index contributed by atoms with van der Waals surface area (Å²) >= 11 is 3.42. The molecule has 0 saturated carbocycles. The summed E-state index contributed by atoms with van der Waals surface area (Å²) in [6, 6.07) is 5.51. The predicted molar refractivity (Wildman–Crippen MR) is 73.9 cm³/mol. The molecule has 1 aromatic heterocycles. The standard InChI is InChI=1S/C12H14BrN3O2/c1-16-12(14)6-9(15-16)7-4-11(18-3)8(13)5-10(7)17-2/h4-6H,14H2,1-3H3. The zero-order chi connectivity index (χ0) is 13.3. The number of nitrogen functional groups attached to an aromatic ring is 1. The van der Waals surface area contributed by atoms with Crippen molar-refractivity contribution in [2.75, 3.05) is 20.0 Å². The molecule has 1 aromatic carbocycles. The van der Waals surface area contributed by atoms with Crippen LogP contribution >= 0.6 is 15.9 Å². The van der Waals surface area contributed by atoms with Gasteiger partial charge in [0.15, 0.2) is 0 Å². The Morgan fingerprint density at radius 3 is 2.33 bits per heavy atom. The number of halogens is 1. The van der Waals surface area contributed by atoms with Crippen LogP contribution in [-0.2, 0) is 7.05 Å². The van der Waals surface area contributed by atoms with Crippen molar-refractivity contribution in [1.29, 1.82) is 0 Å². The lowest BCUT2D eigenvalue weighted by Crippen LogP contribution is -1.97. The second-order valence-corrected chi connectivity index (χ2v) is 4.62. The number of anilines is 1. The quantitative estimate of drug-likeness (QED) is 0.945. The maximum absolute atomic E-state index is 5.79. The minimum atomic E-state index is 0.592. The molecule has 2 N–H and O–H groups in total. The van der Waals surface area contributed by atoms with Gasteiger partial charge in [-0.25, -0.2) is 0 Å². The average molecular weight is 312 g/mol. The normalized spacial score (nSPS) is 10.4. The van der Waals surface area contributed by atoms with Crippen molar-refractivity contribution >= 4 is 21.7 Å². The van der Waals surface area contributed by atoms with Crippen LogP contribution in [0.4, 0.5) is 5.82 Å². The van der Waals surface area contributed by atoms with E-state index in [1.165, 1.54) is 0 Å². The second-order valence-electron chi connectivity index (χ2n) is 3.77. The molecule has 2 rings (SSSR count). The number of benzene rings is 1. The van der Waals surface area contributed by atoms with E-state index in [4.69, 9.17) is 15.2 Å². The van der Waals surface area contributed by atoms with E-state index in [9.17, 15) is 0 Å². The highest BCUT2D eigenvalue weighted by Crippen LogP contribution is 2.38. The molecule has 96 valence electrons. The molecule has 2 aromatic rings. The average Bonchev–Trinajstić information content (AvgIpc) is 2.69. The molecule has 6 heteroatoms. The number of hydrogen-bond acceptors (Lipinski definition) is 4. The summed E-state index contributed by atoms with van der Waals surface area (Å²) in [6.07, 6.45) is 0. The van der Waals surface area contributed by atoms with Crippen molar-refractivity contribution in [2.24, 2.45) is 7.05 Å². The predicted octanol–water partition coefficient (Wildman–Crippen LogP) is 2.45. The monoisotopic (exact) mass is 311 g/mol. The molecule has 0 fully saturated rings. The maximum Gasteiger partial charge on any atom is 0.133 e. The molecule has 18 heavy (non-hydrogen) atoms. The fraction of sp³-hybridized carbons (Fsp3) is 0.250. The summed E-state index contributed by atoms with van der Waals surface area (Å²) in [7, 11) is 5.02. The topological polar surface area (TPSA) is 62.3 Å². The third kappa shape index (κ3) is 2.15. The van der Waals surface area contributed by atoms with Crippen molar-refractivity contribution in [3.63, 3.8) is 0 Å². The van der Waals surface area contributed by atoms with Crippen LogP contribution in [-0.4, -0.2) is 24.0 Å². The van der Waals surface area contributed by atoms with Gasteiger partial charge in [-0.15, -0.1) is 0 Å². The van der Waals surface area contributed by atoms with Crippen LogP contribution in [0.25, 0.3) is 11.3 Å². The third-order valence-corrected chi connectivity index (χ3v) is 3.29. The Hall–Kier alpha value is -1.69. The van der Waals surface area contributed by atoms with E-state index in [0.29, 0.717) is 11.6 Å². The smallest absolute Gasteiger partial charge is 0.133 e. The Balaban J connectivity index is 2.61. The van der Waals surface area contributed by atoms with Crippen LogP contribution in [0.2, 0.25) is 0 Å². The van der Waals surface area contributed by atoms with Crippen LogP contribution in [0, 0.1) is 0 Å². The Morgan fingerprint density at radius 1 is 1.17 bits per heavy atom. The van der Waals surface area contributed by atoms with Crippen molar-refractivity contribution in [3.05, 3.63) is 22.7 Å². The minimum Gasteiger partial charge on any atom is -0.496 e. The van der Waals surface area contributed by atoms with Crippen LogP contribution in [0.15, 0.2) is 22.7 Å². The minimum absolute atomic E-state index is 0.592. The zero-order valence-corrected chi connectivity index (χ0v) is 12.0. The van der Waals surface area contributed by atoms with Gasteiger partial charge >= 0.3 is 0 Å². The summed E-state index contributed by atoms with van der Waals surface area (Å²) < 4.78 is 13.1. The van der Waals surface area contributed by atoms with Crippen LogP contribution in [0.3, 0.4) is 0 Å². The number of methoxy groups -OCH3 is 2. The first-order chi connectivity index (χ1) is 8.56. The van der Waals surface area contributed by atoms with Gasteiger partial charge in [0.1, 0.15) is 17.3 Å². The lowest BCUT2D eigenvalue weighted by molar-refractivity contribution is 0.402. The second kappa shape index (κ2) is 4.89. The number of aryl methyl sites for hydroxylation is 1. The van der Waals surface area contributed by atoms with Crippen molar-refractivity contribution < 1.29 is 9.47 Å². The molecule has 0 spiro atoms. The molecule has 0 aliphatic carbocycles. The van der Waals surface area contributed by atoms with E-state index in [-0.39, 0.29) is 0 Å². The first-order valence-electron chi connectivity index (χ1n) is 5.28. The summed E-state index contributed by atoms with van der Waals surface area (Å²) in [6.45, 7) is 0. The molecule has 0 aliphatic heterocycles. The third-order valence-electron chi connectivity index (χ3n) is 2.67. The molecule has 1 heterocycles. The Kier molecular flexibility index (Phi) is 3.47. The summed E-state index contributed by atoms with van der Waals surface area (Å²) in [5.74, 6) is 2.02. The van der Waals surface area contributed by atoms with E-state index in [1.807, 2.05) is 12.1 Å². The number of nitrogens with zero attached hydrogens (tertiary/aromatic N) is 2. The SMILES string of the molecule is COc1cc(-c2cc(N)n(C)n2)c(OC)cc1Br. The fourth-order valence-electron chi connectivity index (χ4n) is 1.67. The van der Waals surface area contributed by atoms with Gasteiger partial charge < -0.3 is 15.2 Å². The Morgan fingerprint density at radius 2 is 1.83 bits per heavy atom. The molecule has 0 bridgehead atoms. The molecular weight excluding hydrogens is 298 g/mol. The molecule has 0 atom stereocenters. The number of nitrogens with two attached hydrogens (primary N) is 1. The van der Waals surface area contributed by atoms with Crippen molar-refractivity contribution in [2.45, 2.75) is 0 Å². The van der Waals surface area contributed by atoms with Gasteiger partial charge in [0.2, 0.25) is 0 Å². The first kappa shape index (κ1) is 12.8. The number of hydrogen-bond donors (Lipinski definition) is 1. The number of ether oxygens (including phenoxy) is 2. The Bertz CT molecular complexity index is 561. The number of rotatable bonds is 3.